The molecule has 1 aromatic carbocycles. The van der Waals surface area contributed by atoms with Crippen molar-refractivity contribution < 1.29 is 0 Å². The van der Waals surface area contributed by atoms with Crippen LogP contribution >= 0.6 is 0 Å². The molecule has 5 rings (SSSR count). The van der Waals surface area contributed by atoms with Gasteiger partial charge < -0.3 is 10.2 Å². The molecule has 1 aliphatic heterocycles. The Hall–Kier alpha value is -3.17. The van der Waals surface area contributed by atoms with Gasteiger partial charge in [-0.3, -0.25) is 4.40 Å². The van der Waals surface area contributed by atoms with E-state index < -0.39 is 0 Å². The summed E-state index contributed by atoms with van der Waals surface area (Å²) in [4.78, 5) is 11.9. The highest BCUT2D eigenvalue weighted by atomic mass is 15.1. The van der Waals surface area contributed by atoms with Crippen LogP contribution in [0.2, 0.25) is 0 Å². The molecule has 1 N–H and O–H groups in total. The molecule has 27 heavy (non-hydrogen) atoms. The van der Waals surface area contributed by atoms with Crippen molar-refractivity contribution in [1.82, 2.24) is 19.3 Å². The number of hydrogen-bond acceptors (Lipinski definition) is 5. The minimum atomic E-state index is 0.444. The second kappa shape index (κ2) is 6.22. The first-order chi connectivity index (χ1) is 13.2. The Balaban J connectivity index is 1.67. The molecule has 3 aromatic heterocycles. The molecule has 1 saturated heterocycles. The van der Waals surface area contributed by atoms with E-state index in [1.54, 1.807) is 0 Å². The second-order valence-electron chi connectivity index (χ2n) is 7.26. The first kappa shape index (κ1) is 16.0. The number of benzene rings is 1. The van der Waals surface area contributed by atoms with Gasteiger partial charge in [-0.1, -0.05) is 12.1 Å². The lowest BCUT2D eigenvalue weighted by molar-refractivity contribution is 0.263. The number of nitriles is 1. The predicted octanol–water partition coefficient (Wildman–Crippen LogP) is 3.41. The van der Waals surface area contributed by atoms with Crippen LogP contribution < -0.4 is 5.32 Å². The molecule has 6 nitrogen and oxygen atoms in total. The van der Waals surface area contributed by atoms with E-state index in [1.807, 2.05) is 46.9 Å². The minimum absolute atomic E-state index is 0.444. The van der Waals surface area contributed by atoms with Gasteiger partial charge >= 0.3 is 0 Å². The smallest absolute Gasteiger partial charge is 0.157 e. The van der Waals surface area contributed by atoms with E-state index >= 15 is 0 Å². The van der Waals surface area contributed by atoms with Crippen LogP contribution in [0.5, 0.6) is 0 Å². The van der Waals surface area contributed by atoms with Gasteiger partial charge in [0.15, 0.2) is 5.65 Å². The normalized spacial score (nSPS) is 16.1. The van der Waals surface area contributed by atoms with Gasteiger partial charge in [-0.25, -0.2) is 9.97 Å². The maximum Gasteiger partial charge on any atom is 0.157 e. The Morgan fingerprint density at radius 1 is 1.07 bits per heavy atom. The predicted molar refractivity (Wildman–Crippen MR) is 107 cm³/mol. The summed E-state index contributed by atoms with van der Waals surface area (Å²) in [5, 5.41) is 14.1. The summed E-state index contributed by atoms with van der Waals surface area (Å²) in [6, 6.07) is 16.6. The highest BCUT2D eigenvalue weighted by Crippen LogP contribution is 2.26. The lowest BCUT2D eigenvalue weighted by Crippen LogP contribution is -2.36. The van der Waals surface area contributed by atoms with E-state index in [0.29, 0.717) is 17.3 Å². The van der Waals surface area contributed by atoms with E-state index in [0.717, 1.165) is 53.8 Å². The maximum absolute atomic E-state index is 9.57. The molecule has 0 spiro atoms. The number of rotatable bonds is 2. The number of likely N-dealkylation sites (tertiary alicyclic amines) is 1. The van der Waals surface area contributed by atoms with Gasteiger partial charge in [0.25, 0.3) is 0 Å². The van der Waals surface area contributed by atoms with Gasteiger partial charge in [-0.2, -0.15) is 5.26 Å². The van der Waals surface area contributed by atoms with Crippen LogP contribution in [0.1, 0.15) is 18.4 Å². The van der Waals surface area contributed by atoms with E-state index in [-0.39, 0.29) is 0 Å². The third kappa shape index (κ3) is 2.68. The van der Waals surface area contributed by atoms with Crippen molar-refractivity contribution in [3.8, 4) is 6.07 Å². The molecule has 134 valence electrons. The number of piperidine rings is 1. The first-order valence-electron chi connectivity index (χ1n) is 9.29. The largest absolute Gasteiger partial charge is 0.367 e. The molecule has 0 bridgehead atoms. The second-order valence-corrected chi connectivity index (χ2v) is 7.26. The van der Waals surface area contributed by atoms with Crippen LogP contribution in [-0.4, -0.2) is 45.4 Å². The van der Waals surface area contributed by atoms with Crippen LogP contribution in [0.15, 0.2) is 42.5 Å². The van der Waals surface area contributed by atoms with Crippen molar-refractivity contribution >= 4 is 33.5 Å². The van der Waals surface area contributed by atoms with Crippen LogP contribution in [0, 0.1) is 11.3 Å². The number of anilines is 1. The van der Waals surface area contributed by atoms with Gasteiger partial charge in [-0.15, -0.1) is 0 Å². The fourth-order valence-electron chi connectivity index (χ4n) is 3.92. The SMILES string of the molecule is CN1CCC(Nc2ccc3cc(C#N)c4nc5ccccc5n4c3n2)CC1. The zero-order valence-corrected chi connectivity index (χ0v) is 15.2. The van der Waals surface area contributed by atoms with Gasteiger partial charge in [-0.05, 0) is 63.3 Å². The van der Waals surface area contributed by atoms with Gasteiger partial charge in [0, 0.05) is 11.4 Å². The third-order valence-electron chi connectivity index (χ3n) is 5.41. The molecule has 0 radical (unpaired) electrons. The molecule has 0 saturated carbocycles. The fourth-order valence-corrected chi connectivity index (χ4v) is 3.92. The van der Waals surface area contributed by atoms with Crippen LogP contribution in [0.25, 0.3) is 27.7 Å². The molecule has 4 heterocycles. The molecule has 0 atom stereocenters. The number of nitrogens with zero attached hydrogens (tertiary/aromatic N) is 5. The summed E-state index contributed by atoms with van der Waals surface area (Å²) in [5.41, 5.74) is 3.90. The van der Waals surface area contributed by atoms with Gasteiger partial charge in [0.2, 0.25) is 0 Å². The summed E-state index contributed by atoms with van der Waals surface area (Å²) in [6.45, 7) is 2.21. The molecule has 4 aromatic rings. The summed E-state index contributed by atoms with van der Waals surface area (Å²) in [5.74, 6) is 0.876. The number of hydrogen-bond donors (Lipinski definition) is 1. The standard InChI is InChI=1S/C21H20N6/c1-26-10-8-16(9-11-26)23-19-7-6-14-12-15(13-22)21-24-17-4-2-3-5-18(17)27(21)20(14)25-19/h2-7,12,16H,8-11H2,1H3,(H,23,25). The third-order valence-corrected chi connectivity index (χ3v) is 5.41. The summed E-state index contributed by atoms with van der Waals surface area (Å²) < 4.78 is 2.00. The molecule has 1 aliphatic rings. The molecular formula is C21H20N6. The number of aromatic nitrogens is 3. The minimum Gasteiger partial charge on any atom is -0.367 e. The van der Waals surface area contributed by atoms with Gasteiger partial charge in [0.05, 0.1) is 16.6 Å². The van der Waals surface area contributed by atoms with E-state index in [1.165, 1.54) is 0 Å². The van der Waals surface area contributed by atoms with Crippen molar-refractivity contribution in [3.63, 3.8) is 0 Å². The summed E-state index contributed by atoms with van der Waals surface area (Å²) in [7, 11) is 2.16. The highest BCUT2D eigenvalue weighted by Gasteiger charge is 2.18. The molecule has 1 fully saturated rings. The van der Waals surface area contributed by atoms with E-state index in [2.05, 4.69) is 28.3 Å². The van der Waals surface area contributed by atoms with Crippen molar-refractivity contribution in [2.45, 2.75) is 18.9 Å². The van der Waals surface area contributed by atoms with E-state index in [9.17, 15) is 5.26 Å². The zero-order chi connectivity index (χ0) is 18.4. The number of para-hydroxylation sites is 2. The van der Waals surface area contributed by atoms with Crippen LogP contribution in [0.4, 0.5) is 5.82 Å². The first-order valence-corrected chi connectivity index (χ1v) is 9.29. The van der Waals surface area contributed by atoms with E-state index in [4.69, 9.17) is 4.98 Å². The maximum atomic E-state index is 9.57. The summed E-state index contributed by atoms with van der Waals surface area (Å²) in [6.07, 6.45) is 2.24. The van der Waals surface area contributed by atoms with Crippen molar-refractivity contribution in [1.29, 1.82) is 5.26 Å². The average Bonchev–Trinajstić information content (AvgIpc) is 3.09. The van der Waals surface area contributed by atoms with Crippen molar-refractivity contribution in [2.75, 3.05) is 25.5 Å². The lowest BCUT2D eigenvalue weighted by atomic mass is 10.1. The molecular weight excluding hydrogens is 336 g/mol. The monoisotopic (exact) mass is 356 g/mol. The molecule has 0 amide bonds. The quantitative estimate of drug-likeness (QED) is 0.596. The van der Waals surface area contributed by atoms with Crippen LogP contribution in [-0.2, 0) is 0 Å². The van der Waals surface area contributed by atoms with Crippen LogP contribution in [0.3, 0.4) is 0 Å². The highest BCUT2D eigenvalue weighted by molar-refractivity contribution is 5.91. The number of fused-ring (bicyclic) bond motifs is 5. The van der Waals surface area contributed by atoms with Gasteiger partial charge in [0.1, 0.15) is 17.5 Å². The molecule has 6 heteroatoms. The molecule has 0 aliphatic carbocycles. The Kier molecular flexibility index (Phi) is 3.69. The molecule has 0 unspecified atom stereocenters. The Morgan fingerprint density at radius 2 is 1.89 bits per heavy atom. The summed E-state index contributed by atoms with van der Waals surface area (Å²) >= 11 is 0. The Bertz CT molecular complexity index is 1190. The topological polar surface area (TPSA) is 69.2 Å². The average molecular weight is 356 g/mol. The number of pyridine rings is 2. The lowest BCUT2D eigenvalue weighted by Gasteiger charge is -2.29. The Labute approximate surface area is 157 Å². The fraction of sp³-hybridized carbons (Fsp3) is 0.286. The number of imidazole rings is 1. The van der Waals surface area contributed by atoms with Crippen molar-refractivity contribution in [3.05, 3.63) is 48.0 Å². The van der Waals surface area contributed by atoms with Crippen molar-refractivity contribution in [2.24, 2.45) is 0 Å². The number of nitrogens with one attached hydrogen (secondary N) is 1. The Morgan fingerprint density at radius 3 is 2.70 bits per heavy atom. The zero-order valence-electron chi connectivity index (χ0n) is 15.2.